The largest absolute Gasteiger partial charge is 0.0619 e. The molecule has 0 fully saturated rings. The van der Waals surface area contributed by atoms with Crippen LogP contribution in [-0.4, -0.2) is 0 Å². The quantitative estimate of drug-likeness (QED) is 0.256. The summed E-state index contributed by atoms with van der Waals surface area (Å²) in [6.45, 7) is 4.75. The fraction of sp³-hybridized carbons (Fsp3) is 0.111. The summed E-state index contributed by atoms with van der Waals surface area (Å²) < 4.78 is 0. The highest BCUT2D eigenvalue weighted by Gasteiger charge is 2.37. The van der Waals surface area contributed by atoms with Crippen LogP contribution >= 0.6 is 0 Å². The summed E-state index contributed by atoms with van der Waals surface area (Å²) in [6, 6.07) is 31.3. The molecular formula is C27H20. The van der Waals surface area contributed by atoms with Crippen LogP contribution in [0.2, 0.25) is 0 Å². The van der Waals surface area contributed by atoms with Gasteiger partial charge in [-0.05, 0) is 54.6 Å². The molecular weight excluding hydrogens is 324 g/mol. The van der Waals surface area contributed by atoms with Gasteiger partial charge in [-0.25, -0.2) is 0 Å². The van der Waals surface area contributed by atoms with Crippen molar-refractivity contribution < 1.29 is 0 Å². The Kier molecular flexibility index (Phi) is 2.77. The molecule has 5 aromatic rings. The van der Waals surface area contributed by atoms with Gasteiger partial charge >= 0.3 is 0 Å². The Balaban J connectivity index is 1.94. The molecule has 0 unspecified atom stereocenters. The number of fused-ring (bicyclic) bond motifs is 10. The third-order valence-electron chi connectivity index (χ3n) is 6.42. The van der Waals surface area contributed by atoms with Crippen molar-refractivity contribution in [2.24, 2.45) is 0 Å². The average molecular weight is 344 g/mol. The summed E-state index contributed by atoms with van der Waals surface area (Å²) >= 11 is 0. The fourth-order valence-corrected chi connectivity index (χ4v) is 5.27. The summed E-state index contributed by atoms with van der Waals surface area (Å²) in [6.07, 6.45) is 0. The molecule has 0 saturated carbocycles. The van der Waals surface area contributed by atoms with E-state index in [1.165, 1.54) is 54.6 Å². The van der Waals surface area contributed by atoms with Gasteiger partial charge in [-0.15, -0.1) is 0 Å². The molecule has 0 aromatic heterocycles. The maximum absolute atomic E-state index is 2.38. The Morgan fingerprint density at radius 3 is 1.70 bits per heavy atom. The van der Waals surface area contributed by atoms with Crippen LogP contribution in [-0.2, 0) is 5.41 Å². The van der Waals surface area contributed by atoms with Gasteiger partial charge in [0.2, 0.25) is 0 Å². The number of rotatable bonds is 0. The van der Waals surface area contributed by atoms with Crippen molar-refractivity contribution in [2.45, 2.75) is 19.3 Å². The minimum absolute atomic E-state index is 0.00331. The second-order valence-electron chi connectivity index (χ2n) is 8.17. The summed E-state index contributed by atoms with van der Waals surface area (Å²) in [5, 5.41) is 8.19. The number of hydrogen-bond acceptors (Lipinski definition) is 0. The molecule has 1 aliphatic rings. The predicted octanol–water partition coefficient (Wildman–Crippen LogP) is 7.45. The van der Waals surface area contributed by atoms with Crippen LogP contribution in [0.1, 0.15) is 25.0 Å². The monoisotopic (exact) mass is 344 g/mol. The zero-order valence-corrected chi connectivity index (χ0v) is 15.6. The first-order chi connectivity index (χ1) is 13.2. The van der Waals surface area contributed by atoms with Gasteiger partial charge in [0.05, 0.1) is 0 Å². The van der Waals surface area contributed by atoms with E-state index in [1.807, 2.05) is 0 Å². The third kappa shape index (κ3) is 1.78. The van der Waals surface area contributed by atoms with E-state index in [0.29, 0.717) is 0 Å². The minimum Gasteiger partial charge on any atom is -0.0619 e. The van der Waals surface area contributed by atoms with Gasteiger partial charge in [-0.3, -0.25) is 0 Å². The maximum Gasteiger partial charge on any atom is 0.0165 e. The van der Waals surface area contributed by atoms with Gasteiger partial charge in [-0.1, -0.05) is 98.8 Å². The molecule has 1 aliphatic carbocycles. The normalized spacial score (nSPS) is 14.6. The van der Waals surface area contributed by atoms with Crippen LogP contribution < -0.4 is 0 Å². The van der Waals surface area contributed by atoms with Gasteiger partial charge in [0.25, 0.3) is 0 Å². The zero-order chi connectivity index (χ0) is 18.2. The molecule has 27 heavy (non-hydrogen) atoms. The van der Waals surface area contributed by atoms with Crippen LogP contribution in [0.4, 0.5) is 0 Å². The van der Waals surface area contributed by atoms with E-state index < -0.39 is 0 Å². The Morgan fingerprint density at radius 1 is 0.481 bits per heavy atom. The van der Waals surface area contributed by atoms with Crippen molar-refractivity contribution in [2.75, 3.05) is 0 Å². The minimum atomic E-state index is -0.00331. The molecule has 0 N–H and O–H groups in total. The third-order valence-corrected chi connectivity index (χ3v) is 6.42. The van der Waals surface area contributed by atoms with Crippen molar-refractivity contribution in [1.29, 1.82) is 0 Å². The molecule has 5 aromatic carbocycles. The molecule has 0 radical (unpaired) electrons. The van der Waals surface area contributed by atoms with Crippen LogP contribution in [0, 0.1) is 0 Å². The molecule has 0 bridgehead atoms. The smallest absolute Gasteiger partial charge is 0.0165 e. The Labute approximate surface area is 159 Å². The highest BCUT2D eigenvalue weighted by Crippen LogP contribution is 2.53. The molecule has 0 amide bonds. The molecule has 0 saturated heterocycles. The lowest BCUT2D eigenvalue weighted by Crippen LogP contribution is -2.15. The average Bonchev–Trinajstić information content (AvgIpc) is 2.96. The molecule has 0 heteroatoms. The van der Waals surface area contributed by atoms with Crippen molar-refractivity contribution in [1.82, 2.24) is 0 Å². The first-order valence-electron chi connectivity index (χ1n) is 9.64. The van der Waals surface area contributed by atoms with Crippen LogP contribution in [0.25, 0.3) is 43.4 Å². The lowest BCUT2D eigenvalue weighted by atomic mass is 9.78. The second kappa shape index (κ2) is 4.98. The molecule has 0 spiro atoms. The van der Waals surface area contributed by atoms with E-state index >= 15 is 0 Å². The zero-order valence-electron chi connectivity index (χ0n) is 15.6. The van der Waals surface area contributed by atoms with Crippen molar-refractivity contribution in [3.05, 3.63) is 96.1 Å². The topological polar surface area (TPSA) is 0 Å². The van der Waals surface area contributed by atoms with E-state index in [-0.39, 0.29) is 5.41 Å². The van der Waals surface area contributed by atoms with Gasteiger partial charge in [0, 0.05) is 5.41 Å². The van der Waals surface area contributed by atoms with Gasteiger partial charge < -0.3 is 0 Å². The SMILES string of the molecule is CC1(C)c2ccccc2-c2ccc3c4ccccc4c4ccccc4c3c21. The highest BCUT2D eigenvalue weighted by molar-refractivity contribution is 6.27. The molecule has 0 heterocycles. The van der Waals surface area contributed by atoms with Crippen LogP contribution in [0.5, 0.6) is 0 Å². The van der Waals surface area contributed by atoms with E-state index in [2.05, 4.69) is 98.8 Å². The standard InChI is InChI=1S/C27H20/c1-27(2)24-14-8-7-12-20(24)23-16-15-22-19-11-4-3-9-17(19)18-10-5-6-13-21(18)25(22)26(23)27/h3-16H,1-2H3. The second-order valence-corrected chi connectivity index (χ2v) is 8.17. The van der Waals surface area contributed by atoms with Crippen LogP contribution in [0.3, 0.4) is 0 Å². The molecule has 0 aliphatic heterocycles. The van der Waals surface area contributed by atoms with Gasteiger partial charge in [0.1, 0.15) is 0 Å². The molecule has 6 rings (SSSR count). The first-order valence-corrected chi connectivity index (χ1v) is 9.64. The van der Waals surface area contributed by atoms with E-state index in [0.717, 1.165) is 0 Å². The molecule has 128 valence electrons. The lowest BCUT2D eigenvalue weighted by molar-refractivity contribution is 0.666. The predicted molar refractivity (Wildman–Crippen MR) is 117 cm³/mol. The van der Waals surface area contributed by atoms with E-state index in [4.69, 9.17) is 0 Å². The summed E-state index contributed by atoms with van der Waals surface area (Å²) in [5.74, 6) is 0. The van der Waals surface area contributed by atoms with Crippen LogP contribution in [0.15, 0.2) is 84.9 Å². The molecule has 0 atom stereocenters. The summed E-state index contributed by atoms with van der Waals surface area (Å²) in [5.41, 5.74) is 5.68. The first kappa shape index (κ1) is 15.0. The lowest BCUT2D eigenvalue weighted by Gasteiger charge is -2.24. The van der Waals surface area contributed by atoms with E-state index in [9.17, 15) is 0 Å². The highest BCUT2D eigenvalue weighted by atomic mass is 14.4. The fourth-order valence-electron chi connectivity index (χ4n) is 5.27. The summed E-state index contributed by atoms with van der Waals surface area (Å²) in [7, 11) is 0. The molecule has 0 nitrogen and oxygen atoms in total. The van der Waals surface area contributed by atoms with Gasteiger partial charge in [0.15, 0.2) is 0 Å². The maximum atomic E-state index is 2.38. The number of benzene rings is 5. The van der Waals surface area contributed by atoms with Gasteiger partial charge in [-0.2, -0.15) is 0 Å². The van der Waals surface area contributed by atoms with Crippen molar-refractivity contribution in [3.63, 3.8) is 0 Å². The van der Waals surface area contributed by atoms with Crippen molar-refractivity contribution >= 4 is 32.3 Å². The summed E-state index contributed by atoms with van der Waals surface area (Å²) in [4.78, 5) is 0. The van der Waals surface area contributed by atoms with Crippen molar-refractivity contribution in [3.8, 4) is 11.1 Å². The van der Waals surface area contributed by atoms with E-state index in [1.54, 1.807) is 0 Å². The Morgan fingerprint density at radius 2 is 1.00 bits per heavy atom. The Bertz CT molecular complexity index is 1350. The number of hydrogen-bond donors (Lipinski definition) is 0. The Hall–Kier alpha value is -3.12.